The van der Waals surface area contributed by atoms with E-state index in [0.717, 1.165) is 6.54 Å². The molecule has 0 aromatic carbocycles. The van der Waals surface area contributed by atoms with Gasteiger partial charge in [0.15, 0.2) is 0 Å². The van der Waals surface area contributed by atoms with Gasteiger partial charge in [0.1, 0.15) is 6.61 Å². The van der Waals surface area contributed by atoms with E-state index in [9.17, 15) is 4.79 Å². The van der Waals surface area contributed by atoms with E-state index >= 15 is 0 Å². The van der Waals surface area contributed by atoms with Crippen LogP contribution in [0.25, 0.3) is 0 Å². The summed E-state index contributed by atoms with van der Waals surface area (Å²) in [5.74, 6) is -0.457. The van der Waals surface area contributed by atoms with Crippen LogP contribution in [0.15, 0.2) is 12.2 Å². The molecule has 7 nitrogen and oxygen atoms in total. The monoisotopic (exact) mass is 318 g/mol. The van der Waals surface area contributed by atoms with E-state index < -0.39 is 14.6 Å². The minimum absolute atomic E-state index is 0.100. The number of ether oxygens (including phenoxy) is 1. The molecule has 8 heteroatoms. The van der Waals surface area contributed by atoms with Crippen LogP contribution in [0.2, 0.25) is 0 Å². The van der Waals surface area contributed by atoms with Crippen LogP contribution in [0.3, 0.4) is 0 Å². The quantitative estimate of drug-likeness (QED) is 0.235. The third-order valence-electron chi connectivity index (χ3n) is 2.01. The van der Waals surface area contributed by atoms with Crippen LogP contribution < -0.4 is 0 Å². The predicted molar refractivity (Wildman–Crippen MR) is 79.3 cm³/mol. The minimum Gasteiger partial charge on any atom is -0.460 e. The molecule has 0 amide bonds. The number of nitrogens with zero attached hydrogens (tertiary/aromatic N) is 2. The molecule has 0 aromatic heterocycles. The van der Waals surface area contributed by atoms with Crippen LogP contribution in [0.4, 0.5) is 0 Å². The zero-order valence-corrected chi connectivity index (χ0v) is 13.7. The first kappa shape index (κ1) is 20.0. The van der Waals surface area contributed by atoms with E-state index in [1.165, 1.54) is 0 Å². The van der Waals surface area contributed by atoms with Crippen LogP contribution in [0, 0.1) is 11.3 Å². The van der Waals surface area contributed by atoms with E-state index in [1.54, 1.807) is 6.92 Å². The lowest BCUT2D eigenvalue weighted by molar-refractivity contribution is -0.139. The highest BCUT2D eigenvalue weighted by Crippen LogP contribution is 2.39. The zero-order chi connectivity index (χ0) is 16.1. The first-order valence-electron chi connectivity index (χ1n) is 6.50. The highest BCUT2D eigenvalue weighted by Gasteiger charge is 2.13. The Hall–Kier alpha value is -1.03. The van der Waals surface area contributed by atoms with E-state index in [4.69, 9.17) is 23.6 Å². The molecule has 0 saturated heterocycles. The maximum atomic E-state index is 11.2. The van der Waals surface area contributed by atoms with Gasteiger partial charge in [-0.2, -0.15) is 5.26 Å². The Morgan fingerprint density at radius 3 is 2.38 bits per heavy atom. The second-order valence-electron chi connectivity index (χ2n) is 4.35. The molecule has 21 heavy (non-hydrogen) atoms. The largest absolute Gasteiger partial charge is 0.460 e. The van der Waals surface area contributed by atoms with Gasteiger partial charge in [-0.25, -0.2) is 4.79 Å². The van der Waals surface area contributed by atoms with E-state index in [1.807, 2.05) is 25.1 Å². The van der Waals surface area contributed by atoms with Crippen molar-refractivity contribution in [3.8, 4) is 6.07 Å². The summed E-state index contributed by atoms with van der Waals surface area (Å²) in [6, 6.07) is 1.98. The van der Waals surface area contributed by atoms with E-state index in [0.29, 0.717) is 12.2 Å². The summed E-state index contributed by atoms with van der Waals surface area (Å²) in [4.78, 5) is 13.1. The molecular weight excluding hydrogens is 295 g/mol. The lowest BCUT2D eigenvalue weighted by Gasteiger charge is -2.17. The third kappa shape index (κ3) is 12.4. The Kier molecular flexibility index (Phi) is 12.1. The van der Waals surface area contributed by atoms with Gasteiger partial charge in [-0.15, -0.1) is 0 Å². The van der Waals surface area contributed by atoms with Crippen molar-refractivity contribution >= 4 is 14.6 Å². The van der Waals surface area contributed by atoms with Gasteiger partial charge in [0, 0.05) is 12.1 Å². The van der Waals surface area contributed by atoms with Crippen LogP contribution >= 0.6 is 8.60 Å². The fourth-order valence-electron chi connectivity index (χ4n) is 0.945. The number of carbonyl (C=O) groups excluding carboxylic acids is 1. The number of esters is 1. The molecule has 0 aliphatic rings. The van der Waals surface area contributed by atoms with E-state index in [-0.39, 0.29) is 26.2 Å². The molecular formula is C13H23N2O5P. The lowest BCUT2D eigenvalue weighted by atomic mass is 10.4. The summed E-state index contributed by atoms with van der Waals surface area (Å²) >= 11 is 0. The van der Waals surface area contributed by atoms with Crippen LogP contribution in [0.5, 0.6) is 0 Å². The van der Waals surface area contributed by atoms with Crippen LogP contribution in [-0.4, -0.2) is 57.9 Å². The Balaban J connectivity index is 3.94. The third-order valence-corrected chi connectivity index (χ3v) is 3.19. The molecule has 0 aromatic rings. The van der Waals surface area contributed by atoms with Gasteiger partial charge in [0.2, 0.25) is 0 Å². The Morgan fingerprint density at radius 1 is 1.19 bits per heavy atom. The fraction of sp³-hybridized carbons (Fsp3) is 0.692. The van der Waals surface area contributed by atoms with Gasteiger partial charge in [-0.3, -0.25) is 0 Å². The Bertz CT molecular complexity index is 357. The number of carbonyl (C=O) groups is 1. The average Bonchev–Trinajstić information content (AvgIpc) is 2.42. The summed E-state index contributed by atoms with van der Waals surface area (Å²) < 4.78 is 21.1. The molecule has 0 saturated carbocycles. The Morgan fingerprint density at radius 2 is 1.81 bits per heavy atom. The molecule has 0 aliphatic heterocycles. The maximum Gasteiger partial charge on any atom is 0.333 e. The second kappa shape index (κ2) is 12.7. The smallest absolute Gasteiger partial charge is 0.333 e. The molecule has 0 N–H and O–H groups in total. The molecule has 0 radical (unpaired) electrons. The number of likely N-dealkylation sites (N-methyl/N-ethyl adjacent to an activating group) is 1. The SMILES string of the molecule is C=C(C)C(=O)OCCOP(OCCC#N)OCCN(C)C. The molecule has 0 aliphatic carbocycles. The zero-order valence-electron chi connectivity index (χ0n) is 12.8. The number of hydrogen-bond donors (Lipinski definition) is 0. The number of hydrogen-bond acceptors (Lipinski definition) is 7. The van der Waals surface area contributed by atoms with Gasteiger partial charge in [0.05, 0.1) is 32.3 Å². The van der Waals surface area contributed by atoms with Gasteiger partial charge < -0.3 is 23.2 Å². The molecule has 0 bridgehead atoms. The highest BCUT2D eigenvalue weighted by molar-refractivity contribution is 7.41. The molecule has 1 atom stereocenters. The first-order chi connectivity index (χ1) is 9.97. The topological polar surface area (TPSA) is 81.0 Å². The summed E-state index contributed by atoms with van der Waals surface area (Å²) in [6.45, 7) is 6.75. The summed E-state index contributed by atoms with van der Waals surface area (Å²) in [7, 11) is 2.32. The van der Waals surface area contributed by atoms with Crippen molar-refractivity contribution in [2.24, 2.45) is 0 Å². The van der Waals surface area contributed by atoms with Crippen molar-refractivity contribution in [1.29, 1.82) is 5.26 Å². The number of nitriles is 1. The minimum atomic E-state index is -1.54. The molecule has 0 rings (SSSR count). The summed E-state index contributed by atoms with van der Waals surface area (Å²) in [5.41, 5.74) is 0.338. The van der Waals surface area contributed by atoms with Gasteiger partial charge in [-0.1, -0.05) is 6.58 Å². The molecule has 120 valence electrons. The number of rotatable bonds is 12. The van der Waals surface area contributed by atoms with Crippen molar-refractivity contribution in [1.82, 2.24) is 4.90 Å². The second-order valence-corrected chi connectivity index (χ2v) is 5.57. The van der Waals surface area contributed by atoms with Gasteiger partial charge >= 0.3 is 14.6 Å². The van der Waals surface area contributed by atoms with E-state index in [2.05, 4.69) is 6.58 Å². The van der Waals surface area contributed by atoms with Gasteiger partial charge in [0.25, 0.3) is 0 Å². The predicted octanol–water partition coefficient (Wildman–Crippen LogP) is 1.86. The van der Waals surface area contributed by atoms with Crippen molar-refractivity contribution in [3.05, 3.63) is 12.2 Å². The van der Waals surface area contributed by atoms with Crippen molar-refractivity contribution in [2.75, 3.05) is 47.1 Å². The van der Waals surface area contributed by atoms with Crippen molar-refractivity contribution in [2.45, 2.75) is 13.3 Å². The summed E-state index contributed by atoms with van der Waals surface area (Å²) in [5, 5.41) is 8.48. The first-order valence-corrected chi connectivity index (χ1v) is 7.60. The fourth-order valence-corrected chi connectivity index (χ4v) is 1.86. The van der Waals surface area contributed by atoms with Crippen LogP contribution in [0.1, 0.15) is 13.3 Å². The van der Waals surface area contributed by atoms with Crippen LogP contribution in [-0.2, 0) is 23.1 Å². The highest BCUT2D eigenvalue weighted by atomic mass is 31.2. The molecule has 0 spiro atoms. The molecule has 0 heterocycles. The molecule has 1 unspecified atom stereocenters. The summed E-state index contributed by atoms with van der Waals surface area (Å²) in [6.07, 6.45) is 0.268. The average molecular weight is 318 g/mol. The molecule has 0 fully saturated rings. The lowest BCUT2D eigenvalue weighted by Crippen LogP contribution is -2.17. The normalized spacial score (nSPS) is 12.0. The van der Waals surface area contributed by atoms with Crippen molar-refractivity contribution in [3.63, 3.8) is 0 Å². The maximum absolute atomic E-state index is 11.2. The van der Waals surface area contributed by atoms with Crippen molar-refractivity contribution < 1.29 is 23.1 Å². The Labute approximate surface area is 127 Å². The standard InChI is InChI=1S/C13H23N2O5P/c1-12(2)13(16)17-10-11-20-21(18-8-5-6-14)19-9-7-15(3)4/h1,5,7-11H2,2-4H3. The van der Waals surface area contributed by atoms with Gasteiger partial charge in [-0.05, 0) is 21.0 Å².